The molecule has 0 radical (unpaired) electrons. The lowest BCUT2D eigenvalue weighted by Gasteiger charge is -2.48. The van der Waals surface area contributed by atoms with E-state index in [1.54, 1.807) is 0 Å². The van der Waals surface area contributed by atoms with Crippen LogP contribution in [0, 0.1) is 6.92 Å². The Morgan fingerprint density at radius 3 is 2.85 bits per heavy atom. The van der Waals surface area contributed by atoms with Crippen molar-refractivity contribution in [2.45, 2.75) is 45.2 Å². The number of piperidine rings is 1. The highest BCUT2D eigenvalue weighted by atomic mass is 35.5. The molecule has 2 aliphatic rings. The first kappa shape index (κ1) is 13.9. The van der Waals surface area contributed by atoms with Crippen LogP contribution in [0.1, 0.15) is 31.9 Å². The van der Waals surface area contributed by atoms with Gasteiger partial charge in [-0.15, -0.1) is 0 Å². The lowest BCUT2D eigenvalue weighted by atomic mass is 9.97. The van der Waals surface area contributed by atoms with Crippen LogP contribution in [0.5, 0.6) is 0 Å². The molecule has 2 fully saturated rings. The van der Waals surface area contributed by atoms with Crippen LogP contribution >= 0.6 is 11.6 Å². The van der Waals surface area contributed by atoms with Crippen molar-refractivity contribution < 1.29 is 0 Å². The van der Waals surface area contributed by atoms with Crippen molar-refractivity contribution in [1.82, 2.24) is 14.9 Å². The van der Waals surface area contributed by atoms with Crippen molar-refractivity contribution in [1.29, 1.82) is 0 Å². The van der Waals surface area contributed by atoms with E-state index >= 15 is 0 Å². The number of fused-ring (bicyclic) bond motifs is 1. The summed E-state index contributed by atoms with van der Waals surface area (Å²) in [5.41, 5.74) is 7.59. The van der Waals surface area contributed by atoms with Gasteiger partial charge in [-0.1, -0.05) is 6.42 Å². The summed E-state index contributed by atoms with van der Waals surface area (Å²) < 4.78 is 0. The molecule has 20 heavy (non-hydrogen) atoms. The second kappa shape index (κ2) is 5.37. The van der Waals surface area contributed by atoms with Gasteiger partial charge in [-0.05, 0) is 44.8 Å². The van der Waals surface area contributed by atoms with Gasteiger partial charge in [0, 0.05) is 25.2 Å². The molecule has 2 N–H and O–H groups in total. The van der Waals surface area contributed by atoms with Crippen LogP contribution in [-0.4, -0.2) is 46.6 Å². The van der Waals surface area contributed by atoms with Gasteiger partial charge in [-0.25, -0.2) is 4.98 Å². The SMILES string of the molecule is Cc1nc(Cl)nc(N2CC3CCCCN3CC2C)c1N. The number of nitrogen functional groups attached to an aromatic ring is 1. The van der Waals surface area contributed by atoms with Crippen molar-refractivity contribution in [2.24, 2.45) is 0 Å². The summed E-state index contributed by atoms with van der Waals surface area (Å²) in [4.78, 5) is 13.4. The Balaban J connectivity index is 1.89. The number of hydrogen-bond acceptors (Lipinski definition) is 5. The molecular formula is C14H22ClN5. The van der Waals surface area contributed by atoms with E-state index in [0.29, 0.717) is 17.8 Å². The van der Waals surface area contributed by atoms with Gasteiger partial charge in [0.15, 0.2) is 5.82 Å². The number of anilines is 2. The third-order valence-electron chi connectivity index (χ3n) is 4.55. The van der Waals surface area contributed by atoms with Crippen LogP contribution in [0.3, 0.4) is 0 Å². The number of nitrogens with two attached hydrogens (primary N) is 1. The summed E-state index contributed by atoms with van der Waals surface area (Å²) in [7, 11) is 0. The van der Waals surface area contributed by atoms with E-state index in [0.717, 1.165) is 24.6 Å². The average molecular weight is 296 g/mol. The van der Waals surface area contributed by atoms with E-state index in [4.69, 9.17) is 17.3 Å². The molecule has 1 aromatic heterocycles. The third kappa shape index (κ3) is 2.44. The fourth-order valence-electron chi connectivity index (χ4n) is 3.40. The van der Waals surface area contributed by atoms with Crippen LogP contribution in [-0.2, 0) is 0 Å². The van der Waals surface area contributed by atoms with E-state index in [1.807, 2.05) is 6.92 Å². The predicted molar refractivity (Wildman–Crippen MR) is 82.2 cm³/mol. The van der Waals surface area contributed by atoms with Gasteiger partial charge in [0.05, 0.1) is 11.4 Å². The maximum Gasteiger partial charge on any atom is 0.224 e. The van der Waals surface area contributed by atoms with Crippen LogP contribution in [0.15, 0.2) is 0 Å². The maximum absolute atomic E-state index is 6.17. The van der Waals surface area contributed by atoms with E-state index < -0.39 is 0 Å². The van der Waals surface area contributed by atoms with Crippen LogP contribution in [0.2, 0.25) is 5.28 Å². The molecule has 3 heterocycles. The highest BCUT2D eigenvalue weighted by Crippen LogP contribution is 2.31. The molecule has 0 aliphatic carbocycles. The van der Waals surface area contributed by atoms with Crippen LogP contribution in [0.4, 0.5) is 11.5 Å². The molecule has 0 bridgehead atoms. The first-order chi connectivity index (χ1) is 9.56. The molecule has 0 aromatic carbocycles. The number of aromatic nitrogens is 2. The molecule has 2 aliphatic heterocycles. The fraction of sp³-hybridized carbons (Fsp3) is 0.714. The normalized spacial score (nSPS) is 27.4. The van der Waals surface area contributed by atoms with Crippen molar-refractivity contribution in [2.75, 3.05) is 30.3 Å². The Bertz CT molecular complexity index is 507. The molecule has 6 heteroatoms. The first-order valence-corrected chi connectivity index (χ1v) is 7.74. The minimum absolute atomic E-state index is 0.282. The number of halogens is 1. The summed E-state index contributed by atoms with van der Waals surface area (Å²) in [5.74, 6) is 0.806. The smallest absolute Gasteiger partial charge is 0.224 e. The summed E-state index contributed by atoms with van der Waals surface area (Å²) in [6.07, 6.45) is 3.91. The van der Waals surface area contributed by atoms with Crippen molar-refractivity contribution >= 4 is 23.1 Å². The summed E-state index contributed by atoms with van der Waals surface area (Å²) in [5, 5.41) is 0.282. The Morgan fingerprint density at radius 2 is 2.05 bits per heavy atom. The van der Waals surface area contributed by atoms with Gasteiger partial charge >= 0.3 is 0 Å². The maximum atomic E-state index is 6.17. The summed E-state index contributed by atoms with van der Waals surface area (Å²) >= 11 is 6.01. The van der Waals surface area contributed by atoms with Crippen molar-refractivity contribution in [3.05, 3.63) is 11.0 Å². The Hall–Kier alpha value is -1.07. The van der Waals surface area contributed by atoms with Crippen molar-refractivity contribution in [3.8, 4) is 0 Å². The number of nitrogens with zero attached hydrogens (tertiary/aromatic N) is 4. The molecule has 1 aromatic rings. The van der Waals surface area contributed by atoms with E-state index in [9.17, 15) is 0 Å². The van der Waals surface area contributed by atoms with E-state index in [1.165, 1.54) is 25.8 Å². The van der Waals surface area contributed by atoms with E-state index in [-0.39, 0.29) is 5.28 Å². The van der Waals surface area contributed by atoms with Gasteiger partial charge in [-0.3, -0.25) is 4.90 Å². The Labute approximate surface area is 125 Å². The van der Waals surface area contributed by atoms with Gasteiger partial charge in [0.2, 0.25) is 5.28 Å². The minimum atomic E-state index is 0.282. The first-order valence-electron chi connectivity index (χ1n) is 7.36. The largest absolute Gasteiger partial charge is 0.394 e. The standard InChI is InChI=1S/C14H22ClN5/c1-9-7-19-6-4-3-5-11(19)8-20(9)13-12(16)10(2)17-14(15)18-13/h9,11H,3-8,16H2,1-2H3. The third-order valence-corrected chi connectivity index (χ3v) is 4.72. The number of hydrogen-bond donors (Lipinski definition) is 1. The number of piperazine rings is 1. The Kier molecular flexibility index (Phi) is 3.73. The second-order valence-electron chi connectivity index (χ2n) is 5.96. The number of rotatable bonds is 1. The van der Waals surface area contributed by atoms with Gasteiger partial charge < -0.3 is 10.6 Å². The zero-order valence-corrected chi connectivity index (χ0v) is 12.9. The molecule has 3 rings (SSSR count). The Morgan fingerprint density at radius 1 is 1.25 bits per heavy atom. The van der Waals surface area contributed by atoms with E-state index in [2.05, 4.69) is 26.7 Å². The molecule has 2 saturated heterocycles. The topological polar surface area (TPSA) is 58.3 Å². The van der Waals surface area contributed by atoms with Gasteiger partial charge in [0.1, 0.15) is 0 Å². The molecule has 0 saturated carbocycles. The van der Waals surface area contributed by atoms with Gasteiger partial charge in [-0.2, -0.15) is 4.98 Å². The molecule has 0 amide bonds. The zero-order chi connectivity index (χ0) is 14.3. The molecule has 0 spiro atoms. The van der Waals surface area contributed by atoms with Crippen LogP contribution in [0.25, 0.3) is 0 Å². The van der Waals surface area contributed by atoms with Crippen LogP contribution < -0.4 is 10.6 Å². The minimum Gasteiger partial charge on any atom is -0.394 e. The van der Waals surface area contributed by atoms with Gasteiger partial charge in [0.25, 0.3) is 0 Å². The number of aryl methyl sites for hydroxylation is 1. The highest BCUT2D eigenvalue weighted by Gasteiger charge is 2.34. The fourth-order valence-corrected chi connectivity index (χ4v) is 3.61. The lowest BCUT2D eigenvalue weighted by Crippen LogP contribution is -2.59. The molecule has 2 atom stereocenters. The summed E-state index contributed by atoms with van der Waals surface area (Å²) in [6.45, 7) is 7.40. The predicted octanol–water partition coefficient (Wildman–Crippen LogP) is 2.08. The quantitative estimate of drug-likeness (QED) is 0.804. The average Bonchev–Trinajstić information content (AvgIpc) is 2.42. The summed E-state index contributed by atoms with van der Waals surface area (Å²) in [6, 6.07) is 1.02. The molecule has 110 valence electrons. The zero-order valence-electron chi connectivity index (χ0n) is 12.1. The lowest BCUT2D eigenvalue weighted by molar-refractivity contribution is 0.115. The monoisotopic (exact) mass is 295 g/mol. The molecule has 5 nitrogen and oxygen atoms in total. The second-order valence-corrected chi connectivity index (χ2v) is 6.30. The highest BCUT2D eigenvalue weighted by molar-refractivity contribution is 6.28. The van der Waals surface area contributed by atoms with Crippen molar-refractivity contribution in [3.63, 3.8) is 0 Å². The molecular weight excluding hydrogens is 274 g/mol. The molecule has 2 unspecified atom stereocenters.